The molecule has 0 saturated carbocycles. The first-order valence-electron chi connectivity index (χ1n) is 8.37. The van der Waals surface area contributed by atoms with E-state index in [1.807, 2.05) is 25.9 Å². The summed E-state index contributed by atoms with van der Waals surface area (Å²) in [6.07, 6.45) is 3.64. The Hall–Kier alpha value is -2.48. The van der Waals surface area contributed by atoms with Crippen LogP contribution in [0.25, 0.3) is 0 Å². The summed E-state index contributed by atoms with van der Waals surface area (Å²) in [7, 11) is 3.82. The van der Waals surface area contributed by atoms with Gasteiger partial charge in [-0.05, 0) is 13.3 Å². The number of nitrogens with zero attached hydrogens (tertiary/aromatic N) is 5. The Kier molecular flexibility index (Phi) is 4.98. The zero-order chi connectivity index (χ0) is 18.0. The molecule has 1 amide bonds. The van der Waals surface area contributed by atoms with Crippen molar-refractivity contribution in [2.45, 2.75) is 26.4 Å². The topological polar surface area (TPSA) is 84.6 Å². The third-order valence-corrected chi connectivity index (χ3v) is 4.27. The van der Waals surface area contributed by atoms with Crippen LogP contribution in [0.5, 0.6) is 0 Å². The van der Waals surface area contributed by atoms with Crippen molar-refractivity contribution < 1.29 is 14.1 Å². The maximum atomic E-state index is 13.0. The van der Waals surface area contributed by atoms with Crippen LogP contribution in [-0.4, -0.2) is 59.7 Å². The van der Waals surface area contributed by atoms with Crippen LogP contribution in [0.3, 0.4) is 0 Å². The predicted octanol–water partition coefficient (Wildman–Crippen LogP) is 1.62. The molecule has 2 aromatic rings. The average molecular weight is 345 g/mol. The van der Waals surface area contributed by atoms with Crippen LogP contribution >= 0.6 is 0 Å². The highest BCUT2D eigenvalue weighted by atomic mass is 16.5. The van der Waals surface area contributed by atoms with E-state index in [1.165, 1.54) is 0 Å². The average Bonchev–Trinajstić information content (AvgIpc) is 3.01. The molecule has 1 atom stereocenters. The van der Waals surface area contributed by atoms with Gasteiger partial charge in [-0.15, -0.1) is 0 Å². The van der Waals surface area contributed by atoms with Gasteiger partial charge in [0.1, 0.15) is 23.1 Å². The fourth-order valence-corrected chi connectivity index (χ4v) is 3.00. The van der Waals surface area contributed by atoms with Crippen LogP contribution in [-0.2, 0) is 11.2 Å². The van der Waals surface area contributed by atoms with Crippen molar-refractivity contribution in [3.63, 3.8) is 0 Å². The maximum absolute atomic E-state index is 13.0. The van der Waals surface area contributed by atoms with E-state index in [0.717, 1.165) is 11.5 Å². The van der Waals surface area contributed by atoms with Crippen LogP contribution in [0.4, 0.5) is 5.82 Å². The highest BCUT2D eigenvalue weighted by molar-refractivity contribution is 5.96. The van der Waals surface area contributed by atoms with E-state index in [0.29, 0.717) is 43.1 Å². The molecular formula is C17H23N5O3. The van der Waals surface area contributed by atoms with E-state index in [9.17, 15) is 4.79 Å². The minimum Gasteiger partial charge on any atom is -0.368 e. The molecule has 0 aliphatic carbocycles. The Morgan fingerprint density at radius 2 is 2.12 bits per heavy atom. The molecule has 1 saturated heterocycles. The number of ether oxygens (including phenoxy) is 1. The van der Waals surface area contributed by atoms with Gasteiger partial charge in [0.2, 0.25) is 0 Å². The van der Waals surface area contributed by atoms with Crippen molar-refractivity contribution in [3.8, 4) is 0 Å². The largest absolute Gasteiger partial charge is 0.368 e. The summed E-state index contributed by atoms with van der Waals surface area (Å²) in [4.78, 5) is 25.5. The van der Waals surface area contributed by atoms with E-state index in [4.69, 9.17) is 9.26 Å². The molecule has 0 bridgehead atoms. The first kappa shape index (κ1) is 17.3. The molecule has 3 rings (SSSR count). The number of aryl methyl sites for hydroxylation is 2. The Bertz CT molecular complexity index is 758. The fraction of sp³-hybridized carbons (Fsp3) is 0.529. The number of carbonyl (C=O) groups excluding carboxylic acids is 1. The summed E-state index contributed by atoms with van der Waals surface area (Å²) in [5.41, 5.74) is 2.00. The Morgan fingerprint density at radius 1 is 1.36 bits per heavy atom. The standard InChI is InChI=1S/C17H23N5O3/c1-5-12-14(11(2)25-20-12)17(23)22-8-9-24-13(10-22)15-16(21(3)4)19-7-6-18-15/h6-7,13H,5,8-10H2,1-4H3/t13-/m0/s1. The van der Waals surface area contributed by atoms with Gasteiger partial charge in [-0.1, -0.05) is 12.1 Å². The molecule has 1 aliphatic rings. The van der Waals surface area contributed by atoms with Gasteiger partial charge in [0.25, 0.3) is 5.91 Å². The van der Waals surface area contributed by atoms with E-state index in [-0.39, 0.29) is 12.0 Å². The van der Waals surface area contributed by atoms with Crippen molar-refractivity contribution >= 4 is 11.7 Å². The van der Waals surface area contributed by atoms with Crippen LogP contribution in [0.1, 0.15) is 40.5 Å². The Morgan fingerprint density at radius 3 is 2.84 bits per heavy atom. The van der Waals surface area contributed by atoms with Gasteiger partial charge in [-0.3, -0.25) is 9.78 Å². The summed E-state index contributed by atoms with van der Waals surface area (Å²) in [5, 5.41) is 3.98. The molecule has 0 radical (unpaired) electrons. The van der Waals surface area contributed by atoms with E-state index < -0.39 is 0 Å². The molecule has 0 unspecified atom stereocenters. The van der Waals surface area contributed by atoms with Crippen molar-refractivity contribution in [2.75, 3.05) is 38.7 Å². The van der Waals surface area contributed by atoms with Crippen LogP contribution in [0.2, 0.25) is 0 Å². The number of aromatic nitrogens is 3. The highest BCUT2D eigenvalue weighted by Gasteiger charge is 2.32. The maximum Gasteiger partial charge on any atom is 0.259 e. The molecule has 8 nitrogen and oxygen atoms in total. The third-order valence-electron chi connectivity index (χ3n) is 4.27. The van der Waals surface area contributed by atoms with Gasteiger partial charge in [0.05, 0.1) is 18.8 Å². The van der Waals surface area contributed by atoms with Crippen molar-refractivity contribution in [2.24, 2.45) is 0 Å². The lowest BCUT2D eigenvalue weighted by Gasteiger charge is -2.33. The summed E-state index contributed by atoms with van der Waals surface area (Å²) >= 11 is 0. The van der Waals surface area contributed by atoms with Gasteiger partial charge in [0.15, 0.2) is 5.82 Å². The molecule has 3 heterocycles. The number of hydrogen-bond acceptors (Lipinski definition) is 7. The monoisotopic (exact) mass is 345 g/mol. The SMILES string of the molecule is CCc1noc(C)c1C(=O)N1CCO[C@H](c2nccnc2N(C)C)C1. The van der Waals surface area contributed by atoms with Crippen LogP contribution in [0, 0.1) is 6.92 Å². The van der Waals surface area contributed by atoms with E-state index >= 15 is 0 Å². The summed E-state index contributed by atoms with van der Waals surface area (Å²) in [6.45, 7) is 5.13. The zero-order valence-electron chi connectivity index (χ0n) is 15.0. The van der Waals surface area contributed by atoms with Crippen molar-refractivity contribution in [1.82, 2.24) is 20.0 Å². The van der Waals surface area contributed by atoms with Crippen molar-refractivity contribution in [1.29, 1.82) is 0 Å². The number of anilines is 1. The molecule has 2 aromatic heterocycles. The van der Waals surface area contributed by atoms with E-state index in [1.54, 1.807) is 24.2 Å². The number of rotatable bonds is 4. The molecular weight excluding hydrogens is 322 g/mol. The van der Waals surface area contributed by atoms with Crippen molar-refractivity contribution in [3.05, 3.63) is 35.1 Å². The molecule has 1 aliphatic heterocycles. The number of morpholine rings is 1. The normalized spacial score (nSPS) is 17.6. The van der Waals surface area contributed by atoms with Gasteiger partial charge in [-0.2, -0.15) is 0 Å². The number of carbonyl (C=O) groups is 1. The number of hydrogen-bond donors (Lipinski definition) is 0. The minimum absolute atomic E-state index is 0.0702. The second-order valence-corrected chi connectivity index (χ2v) is 6.18. The molecule has 25 heavy (non-hydrogen) atoms. The predicted molar refractivity (Wildman–Crippen MR) is 91.6 cm³/mol. The molecule has 134 valence electrons. The molecule has 0 spiro atoms. The van der Waals surface area contributed by atoms with Crippen LogP contribution < -0.4 is 4.90 Å². The lowest BCUT2D eigenvalue weighted by atomic mass is 10.1. The van der Waals surface area contributed by atoms with Crippen LogP contribution in [0.15, 0.2) is 16.9 Å². The highest BCUT2D eigenvalue weighted by Crippen LogP contribution is 2.28. The smallest absolute Gasteiger partial charge is 0.259 e. The second kappa shape index (κ2) is 7.18. The lowest BCUT2D eigenvalue weighted by Crippen LogP contribution is -2.43. The molecule has 0 aromatic carbocycles. The summed E-state index contributed by atoms with van der Waals surface area (Å²) in [5.74, 6) is 1.23. The second-order valence-electron chi connectivity index (χ2n) is 6.18. The van der Waals surface area contributed by atoms with Gasteiger partial charge < -0.3 is 19.1 Å². The quantitative estimate of drug-likeness (QED) is 0.832. The number of amides is 1. The van der Waals surface area contributed by atoms with E-state index in [2.05, 4.69) is 15.1 Å². The Balaban J connectivity index is 1.84. The zero-order valence-corrected chi connectivity index (χ0v) is 15.0. The third kappa shape index (κ3) is 3.34. The molecule has 0 N–H and O–H groups in total. The molecule has 1 fully saturated rings. The van der Waals surface area contributed by atoms with Gasteiger partial charge in [0, 0.05) is 33.0 Å². The lowest BCUT2D eigenvalue weighted by molar-refractivity contribution is -0.0247. The molecule has 8 heteroatoms. The fourth-order valence-electron chi connectivity index (χ4n) is 3.00. The summed E-state index contributed by atoms with van der Waals surface area (Å²) < 4.78 is 11.1. The van der Waals surface area contributed by atoms with Gasteiger partial charge in [-0.25, -0.2) is 4.98 Å². The minimum atomic E-state index is -0.311. The Labute approximate surface area is 146 Å². The first-order valence-corrected chi connectivity index (χ1v) is 8.37. The van der Waals surface area contributed by atoms with Gasteiger partial charge >= 0.3 is 0 Å². The summed E-state index contributed by atoms with van der Waals surface area (Å²) in [6, 6.07) is 0. The first-order chi connectivity index (χ1) is 12.0.